The summed E-state index contributed by atoms with van der Waals surface area (Å²) in [5.74, 6) is 1.46. The van der Waals surface area contributed by atoms with E-state index in [1.807, 2.05) is 44.2 Å². The van der Waals surface area contributed by atoms with E-state index in [1.54, 1.807) is 11.1 Å². The molecule has 0 bridgehead atoms. The molecule has 1 aliphatic rings. The largest absolute Gasteiger partial charge is 0.454 e. The molecule has 0 fully saturated rings. The van der Waals surface area contributed by atoms with Gasteiger partial charge in [-0.15, -0.1) is 0 Å². The van der Waals surface area contributed by atoms with Gasteiger partial charge >= 0.3 is 0 Å². The molecule has 0 N–H and O–H groups in total. The van der Waals surface area contributed by atoms with E-state index in [0.717, 1.165) is 22.8 Å². The van der Waals surface area contributed by atoms with Crippen LogP contribution in [0.1, 0.15) is 28.5 Å². The fourth-order valence-electron chi connectivity index (χ4n) is 2.36. The van der Waals surface area contributed by atoms with E-state index < -0.39 is 0 Å². The number of carbonyl (C=O) groups excluding carboxylic acids is 1. The highest BCUT2D eigenvalue weighted by Crippen LogP contribution is 2.32. The zero-order valence-corrected chi connectivity index (χ0v) is 12.7. The van der Waals surface area contributed by atoms with Crippen molar-refractivity contribution in [1.29, 1.82) is 0 Å². The molecule has 22 heavy (non-hydrogen) atoms. The van der Waals surface area contributed by atoms with E-state index >= 15 is 0 Å². The van der Waals surface area contributed by atoms with Crippen LogP contribution in [0, 0.1) is 6.92 Å². The zero-order valence-electron chi connectivity index (χ0n) is 12.7. The minimum Gasteiger partial charge on any atom is -0.454 e. The lowest BCUT2D eigenvalue weighted by molar-refractivity contribution is 0.0752. The van der Waals surface area contributed by atoms with Gasteiger partial charge < -0.3 is 14.4 Å². The first-order valence-corrected chi connectivity index (χ1v) is 7.28. The highest BCUT2D eigenvalue weighted by atomic mass is 16.7. The van der Waals surface area contributed by atoms with Gasteiger partial charge in [0.05, 0.1) is 5.56 Å². The van der Waals surface area contributed by atoms with Crippen molar-refractivity contribution < 1.29 is 14.3 Å². The number of benzene rings is 1. The van der Waals surface area contributed by atoms with Crippen molar-refractivity contribution in [2.75, 3.05) is 13.3 Å². The van der Waals surface area contributed by atoms with Gasteiger partial charge in [-0.2, -0.15) is 0 Å². The number of aryl methyl sites for hydroxylation is 1. The van der Waals surface area contributed by atoms with Crippen LogP contribution < -0.4 is 9.47 Å². The molecule has 0 saturated heterocycles. The molecular formula is C17H18N2O3. The molecule has 0 unspecified atom stereocenters. The molecule has 0 radical (unpaired) electrons. The summed E-state index contributed by atoms with van der Waals surface area (Å²) in [6, 6.07) is 9.42. The van der Waals surface area contributed by atoms with Crippen LogP contribution in [0.2, 0.25) is 0 Å². The molecule has 114 valence electrons. The van der Waals surface area contributed by atoms with Crippen molar-refractivity contribution in [1.82, 2.24) is 9.88 Å². The molecule has 0 aliphatic carbocycles. The Balaban J connectivity index is 1.76. The summed E-state index contributed by atoms with van der Waals surface area (Å²) in [4.78, 5) is 18.5. The van der Waals surface area contributed by atoms with Crippen LogP contribution in [0.5, 0.6) is 11.5 Å². The summed E-state index contributed by atoms with van der Waals surface area (Å²) < 4.78 is 10.7. The fraction of sp³-hybridized carbons (Fsp3) is 0.294. The third-order valence-corrected chi connectivity index (χ3v) is 3.64. The molecule has 1 aromatic carbocycles. The summed E-state index contributed by atoms with van der Waals surface area (Å²) in [5.41, 5.74) is 2.52. The van der Waals surface area contributed by atoms with E-state index in [1.165, 1.54) is 0 Å². The smallest absolute Gasteiger partial charge is 0.255 e. The van der Waals surface area contributed by atoms with Gasteiger partial charge in [0.1, 0.15) is 0 Å². The molecule has 0 spiro atoms. The van der Waals surface area contributed by atoms with Crippen LogP contribution in [-0.2, 0) is 6.54 Å². The van der Waals surface area contributed by atoms with Gasteiger partial charge in [-0.1, -0.05) is 6.07 Å². The van der Waals surface area contributed by atoms with Crippen LogP contribution in [0.15, 0.2) is 36.5 Å². The molecular weight excluding hydrogens is 280 g/mol. The average Bonchev–Trinajstić information content (AvgIpc) is 3.00. The molecule has 1 aromatic heterocycles. The quantitative estimate of drug-likeness (QED) is 0.871. The number of fused-ring (bicyclic) bond motifs is 1. The SMILES string of the molecule is CCN(Cc1ccc2c(c1)OCO2)C(=O)c1ccc(C)nc1. The standard InChI is InChI=1S/C17H18N2O3/c1-3-19(17(20)14-6-4-12(2)18-9-14)10-13-5-7-15-16(8-13)22-11-21-15/h4-9H,3,10-11H2,1-2H3. The topological polar surface area (TPSA) is 51.7 Å². The number of rotatable bonds is 4. The Morgan fingerprint density at radius 1 is 1.23 bits per heavy atom. The molecule has 1 aliphatic heterocycles. The van der Waals surface area contributed by atoms with Gasteiger partial charge in [0.15, 0.2) is 11.5 Å². The van der Waals surface area contributed by atoms with E-state index in [-0.39, 0.29) is 12.7 Å². The lowest BCUT2D eigenvalue weighted by Gasteiger charge is -2.21. The number of ether oxygens (including phenoxy) is 2. The Morgan fingerprint density at radius 3 is 2.77 bits per heavy atom. The number of hydrogen-bond donors (Lipinski definition) is 0. The van der Waals surface area contributed by atoms with E-state index in [9.17, 15) is 4.79 Å². The second-order valence-corrected chi connectivity index (χ2v) is 5.20. The third kappa shape index (κ3) is 2.88. The number of aromatic nitrogens is 1. The minimum absolute atomic E-state index is 0.0207. The molecule has 1 amide bonds. The van der Waals surface area contributed by atoms with Gasteiger partial charge in [0.2, 0.25) is 6.79 Å². The van der Waals surface area contributed by atoms with E-state index in [4.69, 9.17) is 9.47 Å². The Hall–Kier alpha value is -2.56. The van der Waals surface area contributed by atoms with Crippen molar-refractivity contribution in [2.45, 2.75) is 20.4 Å². The molecule has 2 heterocycles. The average molecular weight is 298 g/mol. The number of amides is 1. The van der Waals surface area contributed by atoms with Crippen LogP contribution >= 0.6 is 0 Å². The third-order valence-electron chi connectivity index (χ3n) is 3.64. The first kappa shape index (κ1) is 14.4. The Kier molecular flexibility index (Phi) is 3.96. The van der Waals surface area contributed by atoms with Gasteiger partial charge in [0, 0.05) is 25.0 Å². The summed E-state index contributed by atoms with van der Waals surface area (Å²) in [6.07, 6.45) is 1.62. The van der Waals surface area contributed by atoms with Crippen LogP contribution in [0.25, 0.3) is 0 Å². The number of carbonyl (C=O) groups is 1. The molecule has 3 rings (SSSR count). The fourth-order valence-corrected chi connectivity index (χ4v) is 2.36. The predicted octanol–water partition coefficient (Wildman–Crippen LogP) is 2.78. The van der Waals surface area contributed by atoms with Crippen LogP contribution in [-0.4, -0.2) is 29.1 Å². The Bertz CT molecular complexity index is 683. The molecule has 5 heteroatoms. The summed E-state index contributed by atoms with van der Waals surface area (Å²) in [5, 5.41) is 0. The minimum atomic E-state index is -0.0207. The highest BCUT2D eigenvalue weighted by Gasteiger charge is 2.17. The number of nitrogens with zero attached hydrogens (tertiary/aromatic N) is 2. The second kappa shape index (κ2) is 6.05. The predicted molar refractivity (Wildman–Crippen MR) is 82.0 cm³/mol. The van der Waals surface area contributed by atoms with Gasteiger partial charge in [0.25, 0.3) is 5.91 Å². The summed E-state index contributed by atoms with van der Waals surface area (Å²) in [7, 11) is 0. The number of pyridine rings is 1. The second-order valence-electron chi connectivity index (χ2n) is 5.20. The maximum absolute atomic E-state index is 12.6. The number of hydrogen-bond acceptors (Lipinski definition) is 4. The lowest BCUT2D eigenvalue weighted by atomic mass is 10.1. The first-order valence-electron chi connectivity index (χ1n) is 7.28. The van der Waals surface area contributed by atoms with Crippen molar-refractivity contribution in [3.8, 4) is 11.5 Å². The van der Waals surface area contributed by atoms with Crippen LogP contribution in [0.4, 0.5) is 0 Å². The molecule has 0 atom stereocenters. The van der Waals surface area contributed by atoms with Crippen molar-refractivity contribution in [3.05, 3.63) is 53.3 Å². The lowest BCUT2D eigenvalue weighted by Crippen LogP contribution is -2.30. The van der Waals surface area contributed by atoms with Crippen molar-refractivity contribution in [2.24, 2.45) is 0 Å². The summed E-state index contributed by atoms with van der Waals surface area (Å²) >= 11 is 0. The Morgan fingerprint density at radius 2 is 2.05 bits per heavy atom. The Labute approximate surface area is 129 Å². The highest BCUT2D eigenvalue weighted by molar-refractivity contribution is 5.93. The van der Waals surface area contributed by atoms with Gasteiger partial charge in [-0.3, -0.25) is 9.78 Å². The van der Waals surface area contributed by atoms with Gasteiger partial charge in [-0.05, 0) is 43.7 Å². The van der Waals surface area contributed by atoms with Crippen molar-refractivity contribution in [3.63, 3.8) is 0 Å². The molecule has 2 aromatic rings. The maximum atomic E-state index is 12.6. The summed E-state index contributed by atoms with van der Waals surface area (Å²) in [6.45, 7) is 5.27. The molecule has 5 nitrogen and oxygen atoms in total. The normalized spacial score (nSPS) is 12.3. The van der Waals surface area contributed by atoms with Crippen LogP contribution in [0.3, 0.4) is 0 Å². The van der Waals surface area contributed by atoms with Crippen molar-refractivity contribution >= 4 is 5.91 Å². The maximum Gasteiger partial charge on any atom is 0.255 e. The zero-order chi connectivity index (χ0) is 15.5. The van der Waals surface area contributed by atoms with E-state index in [0.29, 0.717) is 18.7 Å². The molecule has 0 saturated carbocycles. The monoisotopic (exact) mass is 298 g/mol. The first-order chi connectivity index (χ1) is 10.7. The van der Waals surface area contributed by atoms with E-state index in [2.05, 4.69) is 4.98 Å². The van der Waals surface area contributed by atoms with Gasteiger partial charge in [-0.25, -0.2) is 0 Å².